The second-order valence-corrected chi connectivity index (χ2v) is 6.93. The number of hydrogen-bond acceptors (Lipinski definition) is 3. The van der Waals surface area contributed by atoms with Gasteiger partial charge in [0, 0.05) is 28.6 Å². The van der Waals surface area contributed by atoms with Gasteiger partial charge in [0.2, 0.25) is 5.91 Å². The molecule has 0 spiro atoms. The summed E-state index contributed by atoms with van der Waals surface area (Å²) in [5.41, 5.74) is 2.59. The van der Waals surface area contributed by atoms with Gasteiger partial charge in [0.15, 0.2) is 11.7 Å². The van der Waals surface area contributed by atoms with Gasteiger partial charge in [-0.05, 0) is 42.8 Å². The van der Waals surface area contributed by atoms with E-state index >= 15 is 0 Å². The van der Waals surface area contributed by atoms with Crippen molar-refractivity contribution in [2.24, 2.45) is 0 Å². The molecule has 128 valence electrons. The molecule has 0 unspecified atom stereocenters. The Hall–Kier alpha value is -2.11. The first kappa shape index (κ1) is 17.7. The summed E-state index contributed by atoms with van der Waals surface area (Å²) < 4.78 is 6.69. The Morgan fingerprint density at radius 1 is 1.28 bits per heavy atom. The summed E-state index contributed by atoms with van der Waals surface area (Å²) >= 11 is 9.56. The number of amides is 1. The Morgan fingerprint density at radius 3 is 2.84 bits per heavy atom. The second-order valence-electron chi connectivity index (χ2n) is 5.61. The molecule has 0 aliphatic rings. The average Bonchev–Trinajstić information content (AvgIpc) is 3.05. The van der Waals surface area contributed by atoms with Crippen LogP contribution in [0.4, 0.5) is 5.69 Å². The van der Waals surface area contributed by atoms with Gasteiger partial charge in [-0.2, -0.15) is 0 Å². The van der Waals surface area contributed by atoms with Crippen molar-refractivity contribution in [2.45, 2.75) is 19.8 Å². The molecule has 0 bridgehead atoms. The SMILES string of the molecule is Cc1cc(Br)ccc1NC(=O)CCc1ncc(-c2ccccc2Cl)o1. The third kappa shape index (κ3) is 4.50. The molecule has 1 heterocycles. The number of aryl methyl sites for hydroxylation is 2. The lowest BCUT2D eigenvalue weighted by Crippen LogP contribution is -2.13. The van der Waals surface area contributed by atoms with E-state index in [1.54, 1.807) is 12.3 Å². The Morgan fingerprint density at radius 2 is 2.08 bits per heavy atom. The number of aromatic nitrogens is 1. The molecule has 0 fully saturated rings. The van der Waals surface area contributed by atoms with Gasteiger partial charge in [-0.25, -0.2) is 4.98 Å². The largest absolute Gasteiger partial charge is 0.441 e. The predicted molar refractivity (Wildman–Crippen MR) is 103 cm³/mol. The molecule has 6 heteroatoms. The number of rotatable bonds is 5. The zero-order chi connectivity index (χ0) is 17.8. The number of halogens is 2. The standard InChI is InChI=1S/C19H16BrClN2O2/c1-12-10-13(20)6-7-16(12)23-18(24)8-9-19-22-11-17(25-19)14-4-2-3-5-15(14)21/h2-7,10-11H,8-9H2,1H3,(H,23,24). The van der Waals surface area contributed by atoms with Crippen molar-refractivity contribution in [3.8, 4) is 11.3 Å². The molecule has 3 rings (SSSR count). The highest BCUT2D eigenvalue weighted by molar-refractivity contribution is 9.10. The molecule has 4 nitrogen and oxygen atoms in total. The lowest BCUT2D eigenvalue weighted by atomic mass is 10.2. The number of benzene rings is 2. The van der Waals surface area contributed by atoms with Gasteiger partial charge in [-0.3, -0.25) is 4.79 Å². The van der Waals surface area contributed by atoms with E-state index in [9.17, 15) is 4.79 Å². The van der Waals surface area contributed by atoms with Gasteiger partial charge in [-0.1, -0.05) is 39.7 Å². The Labute approximate surface area is 159 Å². The van der Waals surface area contributed by atoms with Crippen molar-refractivity contribution in [1.29, 1.82) is 0 Å². The minimum atomic E-state index is -0.0806. The molecule has 0 saturated carbocycles. The molecule has 1 amide bonds. The predicted octanol–water partition coefficient (Wildman–Crippen LogP) is 5.64. The summed E-state index contributed by atoms with van der Waals surface area (Å²) in [5.74, 6) is 1.03. The van der Waals surface area contributed by atoms with Crippen LogP contribution in [-0.2, 0) is 11.2 Å². The summed E-state index contributed by atoms with van der Waals surface area (Å²) in [6.07, 6.45) is 2.34. The highest BCUT2D eigenvalue weighted by Gasteiger charge is 2.11. The van der Waals surface area contributed by atoms with Crippen molar-refractivity contribution in [2.75, 3.05) is 5.32 Å². The van der Waals surface area contributed by atoms with Crippen LogP contribution in [0.5, 0.6) is 0 Å². The van der Waals surface area contributed by atoms with Crippen LogP contribution < -0.4 is 5.32 Å². The molecule has 0 aliphatic heterocycles. The number of oxazole rings is 1. The zero-order valence-electron chi connectivity index (χ0n) is 13.6. The van der Waals surface area contributed by atoms with Gasteiger partial charge < -0.3 is 9.73 Å². The molecule has 2 aromatic carbocycles. The van der Waals surface area contributed by atoms with Gasteiger partial charge in [0.25, 0.3) is 0 Å². The van der Waals surface area contributed by atoms with E-state index in [0.717, 1.165) is 21.3 Å². The van der Waals surface area contributed by atoms with E-state index in [0.29, 0.717) is 23.1 Å². The minimum absolute atomic E-state index is 0.0806. The maximum atomic E-state index is 12.1. The average molecular weight is 420 g/mol. The smallest absolute Gasteiger partial charge is 0.224 e. The number of nitrogens with one attached hydrogen (secondary N) is 1. The van der Waals surface area contributed by atoms with Crippen molar-refractivity contribution in [3.63, 3.8) is 0 Å². The van der Waals surface area contributed by atoms with E-state index < -0.39 is 0 Å². The van der Waals surface area contributed by atoms with Crippen LogP contribution in [0.25, 0.3) is 11.3 Å². The molecule has 1 aromatic heterocycles. The summed E-state index contributed by atoms with van der Waals surface area (Å²) in [6.45, 7) is 1.95. The fourth-order valence-electron chi connectivity index (χ4n) is 2.41. The molecule has 0 saturated heterocycles. The molecule has 0 atom stereocenters. The molecule has 1 N–H and O–H groups in total. The third-order valence-corrected chi connectivity index (χ3v) is 4.54. The van der Waals surface area contributed by atoms with E-state index in [1.807, 2.05) is 43.3 Å². The number of carbonyl (C=O) groups excluding carboxylic acids is 1. The van der Waals surface area contributed by atoms with Crippen LogP contribution in [0.3, 0.4) is 0 Å². The first-order valence-corrected chi connectivity index (χ1v) is 8.95. The molecule has 0 radical (unpaired) electrons. The molecular formula is C19H16BrClN2O2. The molecule has 3 aromatic rings. The van der Waals surface area contributed by atoms with Crippen molar-refractivity contribution < 1.29 is 9.21 Å². The summed E-state index contributed by atoms with van der Waals surface area (Å²) in [4.78, 5) is 16.4. The lowest BCUT2D eigenvalue weighted by molar-refractivity contribution is -0.116. The maximum Gasteiger partial charge on any atom is 0.224 e. The minimum Gasteiger partial charge on any atom is -0.441 e. The van der Waals surface area contributed by atoms with Gasteiger partial charge in [0.1, 0.15) is 0 Å². The van der Waals surface area contributed by atoms with Crippen molar-refractivity contribution >= 4 is 39.1 Å². The first-order valence-electron chi connectivity index (χ1n) is 7.78. The Balaban J connectivity index is 1.60. The number of hydrogen-bond donors (Lipinski definition) is 1. The summed E-state index contributed by atoms with van der Waals surface area (Å²) in [6, 6.07) is 13.1. The highest BCUT2D eigenvalue weighted by Crippen LogP contribution is 2.28. The van der Waals surface area contributed by atoms with Crippen molar-refractivity contribution in [3.05, 3.63) is 69.6 Å². The topological polar surface area (TPSA) is 55.1 Å². The van der Waals surface area contributed by atoms with Gasteiger partial charge in [-0.15, -0.1) is 0 Å². The fraction of sp³-hybridized carbons (Fsp3) is 0.158. The van der Waals surface area contributed by atoms with E-state index in [2.05, 4.69) is 26.2 Å². The molecule has 25 heavy (non-hydrogen) atoms. The van der Waals surface area contributed by atoms with E-state index in [-0.39, 0.29) is 12.3 Å². The van der Waals surface area contributed by atoms with Crippen molar-refractivity contribution in [1.82, 2.24) is 4.98 Å². The van der Waals surface area contributed by atoms with Gasteiger partial charge >= 0.3 is 0 Å². The van der Waals surface area contributed by atoms with Gasteiger partial charge in [0.05, 0.1) is 11.2 Å². The van der Waals surface area contributed by atoms with Crippen LogP contribution in [0.2, 0.25) is 5.02 Å². The second kappa shape index (κ2) is 7.85. The Bertz CT molecular complexity index is 908. The van der Waals surface area contributed by atoms with Crippen LogP contribution in [0, 0.1) is 6.92 Å². The number of nitrogens with zero attached hydrogens (tertiary/aromatic N) is 1. The molecular weight excluding hydrogens is 404 g/mol. The van der Waals surface area contributed by atoms with Crippen LogP contribution >= 0.6 is 27.5 Å². The quantitative estimate of drug-likeness (QED) is 0.582. The van der Waals surface area contributed by atoms with E-state index in [4.69, 9.17) is 16.0 Å². The van der Waals surface area contributed by atoms with Crippen LogP contribution in [-0.4, -0.2) is 10.9 Å². The Kier molecular flexibility index (Phi) is 5.56. The molecule has 0 aliphatic carbocycles. The monoisotopic (exact) mass is 418 g/mol. The van der Waals surface area contributed by atoms with E-state index in [1.165, 1.54) is 0 Å². The van der Waals surface area contributed by atoms with Crippen LogP contribution in [0.1, 0.15) is 17.9 Å². The highest BCUT2D eigenvalue weighted by atomic mass is 79.9. The summed E-state index contributed by atoms with van der Waals surface area (Å²) in [7, 11) is 0. The maximum absolute atomic E-state index is 12.1. The summed E-state index contributed by atoms with van der Waals surface area (Å²) in [5, 5.41) is 3.51. The van der Waals surface area contributed by atoms with Crippen LogP contribution in [0.15, 0.2) is 57.6 Å². The fourth-order valence-corrected chi connectivity index (χ4v) is 3.12. The zero-order valence-corrected chi connectivity index (χ0v) is 15.9. The number of carbonyl (C=O) groups is 1. The third-order valence-electron chi connectivity index (χ3n) is 3.72. The number of anilines is 1. The lowest BCUT2D eigenvalue weighted by Gasteiger charge is -2.08. The first-order chi connectivity index (χ1) is 12.0. The normalized spacial score (nSPS) is 10.7.